The maximum Gasteiger partial charge on any atom is 0.141 e. The number of nitrogens with one attached hydrogen (secondary N) is 1. The van der Waals surface area contributed by atoms with E-state index in [4.69, 9.17) is 0 Å². The molecule has 0 spiro atoms. The smallest absolute Gasteiger partial charge is 0.141 e. The first-order valence-corrected chi connectivity index (χ1v) is 5.60. The predicted octanol–water partition coefficient (Wildman–Crippen LogP) is 3.46. The Kier molecular flexibility index (Phi) is 2.97. The molecule has 0 aliphatic carbocycles. The summed E-state index contributed by atoms with van der Waals surface area (Å²) in [5, 5.41) is 7.32. The van der Waals surface area contributed by atoms with Crippen LogP contribution in [0.15, 0.2) is 35.2 Å². The van der Waals surface area contributed by atoms with E-state index in [1.54, 1.807) is 17.4 Å². The molecule has 0 radical (unpaired) electrons. The third-order valence-electron chi connectivity index (χ3n) is 2.13. The van der Waals surface area contributed by atoms with E-state index in [0.29, 0.717) is 5.82 Å². The first-order valence-electron chi connectivity index (χ1n) is 4.66. The maximum atomic E-state index is 12.6. The van der Waals surface area contributed by atoms with Crippen molar-refractivity contribution in [3.8, 4) is 0 Å². The molecule has 0 saturated heterocycles. The quantitative estimate of drug-likeness (QED) is 0.860. The van der Waals surface area contributed by atoms with Crippen molar-refractivity contribution in [2.24, 2.45) is 0 Å². The first-order chi connectivity index (χ1) is 7.25. The zero-order valence-electron chi connectivity index (χ0n) is 8.27. The van der Waals surface area contributed by atoms with E-state index in [2.05, 4.69) is 21.7 Å². The summed E-state index contributed by atoms with van der Waals surface area (Å²) in [7, 11) is 0. The van der Waals surface area contributed by atoms with Gasteiger partial charge < -0.3 is 5.32 Å². The number of nitrogens with zero attached hydrogens (tertiary/aromatic N) is 1. The van der Waals surface area contributed by atoms with Crippen molar-refractivity contribution in [3.63, 3.8) is 0 Å². The minimum Gasteiger partial charge on any atom is -0.364 e. The minimum atomic E-state index is -0.316. The fraction of sp³-hybridized carbons (Fsp3) is 0.182. The van der Waals surface area contributed by atoms with Gasteiger partial charge in [-0.15, -0.1) is 0 Å². The molecule has 1 atom stereocenters. The van der Waals surface area contributed by atoms with Crippen molar-refractivity contribution in [3.05, 3.63) is 46.5 Å². The lowest BCUT2D eigenvalue weighted by Crippen LogP contribution is -2.06. The van der Waals surface area contributed by atoms with Crippen LogP contribution in [-0.2, 0) is 0 Å². The van der Waals surface area contributed by atoms with Crippen LogP contribution in [0.2, 0.25) is 0 Å². The second kappa shape index (κ2) is 4.40. The summed E-state index contributed by atoms with van der Waals surface area (Å²) in [4.78, 5) is 3.95. The number of hydrogen-bond donors (Lipinski definition) is 1. The minimum absolute atomic E-state index is 0.189. The molecular weight excluding hydrogens is 211 g/mol. The molecule has 0 saturated carbocycles. The number of thiophene rings is 1. The monoisotopic (exact) mass is 222 g/mol. The SMILES string of the molecule is CC(Nc1ccc(F)cn1)c1ccsc1. The summed E-state index contributed by atoms with van der Waals surface area (Å²) in [6.07, 6.45) is 1.21. The Bertz CT molecular complexity index is 411. The van der Waals surface area contributed by atoms with Crippen LogP contribution in [0.4, 0.5) is 10.2 Å². The molecule has 0 aromatic carbocycles. The topological polar surface area (TPSA) is 24.9 Å². The van der Waals surface area contributed by atoms with E-state index in [9.17, 15) is 4.39 Å². The highest BCUT2D eigenvalue weighted by Gasteiger charge is 2.05. The summed E-state index contributed by atoms with van der Waals surface area (Å²) in [6.45, 7) is 2.05. The summed E-state index contributed by atoms with van der Waals surface area (Å²) in [5.41, 5.74) is 1.21. The van der Waals surface area contributed by atoms with Crippen LogP contribution in [0.1, 0.15) is 18.5 Å². The Labute approximate surface area is 91.8 Å². The van der Waals surface area contributed by atoms with Gasteiger partial charge in [0, 0.05) is 0 Å². The highest BCUT2D eigenvalue weighted by Crippen LogP contribution is 2.19. The molecule has 2 nitrogen and oxygen atoms in total. The Hall–Kier alpha value is -1.42. The molecule has 0 bridgehead atoms. The van der Waals surface area contributed by atoms with E-state index >= 15 is 0 Å². The lowest BCUT2D eigenvalue weighted by Gasteiger charge is -2.12. The fourth-order valence-corrected chi connectivity index (χ4v) is 2.04. The molecule has 1 unspecified atom stereocenters. The van der Waals surface area contributed by atoms with Crippen molar-refractivity contribution in [2.75, 3.05) is 5.32 Å². The van der Waals surface area contributed by atoms with Gasteiger partial charge in [-0.2, -0.15) is 11.3 Å². The van der Waals surface area contributed by atoms with Crippen LogP contribution in [0.25, 0.3) is 0 Å². The van der Waals surface area contributed by atoms with Gasteiger partial charge in [-0.25, -0.2) is 9.37 Å². The van der Waals surface area contributed by atoms with Crippen LogP contribution in [-0.4, -0.2) is 4.98 Å². The van der Waals surface area contributed by atoms with Crippen LogP contribution in [0.3, 0.4) is 0 Å². The lowest BCUT2D eigenvalue weighted by atomic mass is 10.2. The average Bonchev–Trinajstić information content (AvgIpc) is 2.74. The number of aromatic nitrogens is 1. The Morgan fingerprint density at radius 3 is 2.87 bits per heavy atom. The van der Waals surface area contributed by atoms with Crippen LogP contribution in [0, 0.1) is 5.82 Å². The summed E-state index contributed by atoms with van der Waals surface area (Å²) in [5.74, 6) is 0.374. The van der Waals surface area contributed by atoms with Crippen LogP contribution in [0.5, 0.6) is 0 Å². The van der Waals surface area contributed by atoms with Gasteiger partial charge in [0.15, 0.2) is 0 Å². The van der Waals surface area contributed by atoms with Gasteiger partial charge in [0.05, 0.1) is 12.2 Å². The predicted molar refractivity (Wildman–Crippen MR) is 60.6 cm³/mol. The standard InChI is InChI=1S/C11H11FN2S/c1-8(9-4-5-15-7-9)14-11-3-2-10(12)6-13-11/h2-8H,1H3,(H,13,14). The van der Waals surface area contributed by atoms with Crippen molar-refractivity contribution in [1.29, 1.82) is 0 Å². The molecule has 15 heavy (non-hydrogen) atoms. The Morgan fingerprint density at radius 2 is 2.27 bits per heavy atom. The molecule has 2 aromatic rings. The lowest BCUT2D eigenvalue weighted by molar-refractivity contribution is 0.621. The zero-order valence-corrected chi connectivity index (χ0v) is 9.09. The van der Waals surface area contributed by atoms with E-state index in [1.165, 1.54) is 17.8 Å². The van der Waals surface area contributed by atoms with Crippen LogP contribution < -0.4 is 5.32 Å². The molecule has 0 aliphatic heterocycles. The van der Waals surface area contributed by atoms with Gasteiger partial charge in [-0.05, 0) is 41.4 Å². The summed E-state index contributed by atoms with van der Waals surface area (Å²) < 4.78 is 12.6. The van der Waals surface area contributed by atoms with Crippen molar-refractivity contribution in [2.45, 2.75) is 13.0 Å². The van der Waals surface area contributed by atoms with E-state index in [1.807, 2.05) is 12.3 Å². The Morgan fingerprint density at radius 1 is 1.40 bits per heavy atom. The van der Waals surface area contributed by atoms with Gasteiger partial charge in [0.2, 0.25) is 0 Å². The second-order valence-corrected chi connectivity index (χ2v) is 4.06. The third-order valence-corrected chi connectivity index (χ3v) is 2.84. The highest BCUT2D eigenvalue weighted by atomic mass is 32.1. The van der Waals surface area contributed by atoms with Crippen molar-refractivity contribution < 1.29 is 4.39 Å². The summed E-state index contributed by atoms with van der Waals surface area (Å²) in [6, 6.07) is 5.29. The fourth-order valence-electron chi connectivity index (χ4n) is 1.29. The Balaban J connectivity index is 2.06. The number of halogens is 1. The van der Waals surface area contributed by atoms with Crippen LogP contribution >= 0.6 is 11.3 Å². The molecule has 0 fully saturated rings. The largest absolute Gasteiger partial charge is 0.364 e. The van der Waals surface area contributed by atoms with Gasteiger partial charge in [0.1, 0.15) is 11.6 Å². The van der Waals surface area contributed by atoms with E-state index < -0.39 is 0 Å². The number of hydrogen-bond acceptors (Lipinski definition) is 3. The number of rotatable bonds is 3. The molecule has 0 amide bonds. The average molecular weight is 222 g/mol. The summed E-state index contributed by atoms with van der Waals surface area (Å²) >= 11 is 1.66. The van der Waals surface area contributed by atoms with Gasteiger partial charge >= 0.3 is 0 Å². The maximum absolute atomic E-state index is 12.6. The molecule has 2 rings (SSSR count). The third kappa shape index (κ3) is 2.53. The number of pyridine rings is 1. The van der Waals surface area contributed by atoms with E-state index in [0.717, 1.165) is 0 Å². The normalized spacial score (nSPS) is 12.4. The van der Waals surface area contributed by atoms with Crippen molar-refractivity contribution in [1.82, 2.24) is 4.98 Å². The molecule has 2 aromatic heterocycles. The highest BCUT2D eigenvalue weighted by molar-refractivity contribution is 7.07. The molecular formula is C11H11FN2S. The molecule has 0 aliphatic rings. The molecule has 78 valence electrons. The zero-order chi connectivity index (χ0) is 10.7. The molecule has 1 N–H and O–H groups in total. The number of anilines is 1. The molecule has 2 heterocycles. The van der Waals surface area contributed by atoms with Gasteiger partial charge in [-0.1, -0.05) is 0 Å². The van der Waals surface area contributed by atoms with E-state index in [-0.39, 0.29) is 11.9 Å². The van der Waals surface area contributed by atoms with Gasteiger partial charge in [-0.3, -0.25) is 0 Å². The van der Waals surface area contributed by atoms with Crippen molar-refractivity contribution >= 4 is 17.2 Å². The van der Waals surface area contributed by atoms with Gasteiger partial charge in [0.25, 0.3) is 0 Å². The first kappa shape index (κ1) is 10.1. The molecule has 4 heteroatoms. The second-order valence-electron chi connectivity index (χ2n) is 3.28.